The lowest BCUT2D eigenvalue weighted by atomic mass is 10.0. The number of rotatable bonds is 4. The van der Waals surface area contributed by atoms with Gasteiger partial charge >= 0.3 is 0 Å². The number of hydrogen-bond acceptors (Lipinski definition) is 2. The van der Waals surface area contributed by atoms with Gasteiger partial charge in [0.1, 0.15) is 0 Å². The Balaban J connectivity index is 1.38. The maximum atomic E-state index is 12.1. The molecule has 0 spiro atoms. The number of hydrogen-bond donors (Lipinski definition) is 1. The van der Waals surface area contributed by atoms with Gasteiger partial charge in [-0.1, -0.05) is 0 Å². The Hall–Kier alpha value is -0.570. The van der Waals surface area contributed by atoms with Gasteiger partial charge in [-0.25, -0.2) is 0 Å². The standard InChI is InChI=1S/C15H26N2O/c1-10(2)17-4-3-11(9-17)8-16-15(18)14-6-12-5-13(12)7-14/h10-14H,3-9H2,1-2H3,(H,16,18). The van der Waals surface area contributed by atoms with E-state index in [1.807, 2.05) is 0 Å². The molecule has 1 heterocycles. The van der Waals surface area contributed by atoms with Crippen LogP contribution in [-0.4, -0.2) is 36.5 Å². The first kappa shape index (κ1) is 12.5. The Morgan fingerprint density at radius 2 is 2.00 bits per heavy atom. The predicted octanol–water partition coefficient (Wildman–Crippen LogP) is 1.88. The minimum Gasteiger partial charge on any atom is -0.356 e. The molecule has 3 aliphatic rings. The zero-order valence-corrected chi connectivity index (χ0v) is 11.7. The van der Waals surface area contributed by atoms with Crippen molar-refractivity contribution < 1.29 is 4.79 Å². The van der Waals surface area contributed by atoms with Gasteiger partial charge in [-0.05, 0) is 63.8 Å². The van der Waals surface area contributed by atoms with Crippen molar-refractivity contribution >= 4 is 5.91 Å². The molecule has 1 aliphatic heterocycles. The maximum Gasteiger partial charge on any atom is 0.223 e. The maximum absolute atomic E-state index is 12.1. The number of carbonyl (C=O) groups excluding carboxylic acids is 1. The summed E-state index contributed by atoms with van der Waals surface area (Å²) >= 11 is 0. The zero-order valence-electron chi connectivity index (χ0n) is 11.7. The van der Waals surface area contributed by atoms with Crippen LogP contribution in [0.2, 0.25) is 0 Å². The molecule has 1 saturated heterocycles. The summed E-state index contributed by atoms with van der Waals surface area (Å²) in [4.78, 5) is 14.6. The van der Waals surface area contributed by atoms with Crippen LogP contribution in [0.25, 0.3) is 0 Å². The van der Waals surface area contributed by atoms with Crippen LogP contribution >= 0.6 is 0 Å². The summed E-state index contributed by atoms with van der Waals surface area (Å²) in [6, 6.07) is 0.646. The SMILES string of the molecule is CC(C)N1CCC(CNC(=O)C2CC3CC3C2)C1. The van der Waals surface area contributed by atoms with Gasteiger partial charge in [0.2, 0.25) is 5.91 Å². The molecule has 0 radical (unpaired) electrons. The lowest BCUT2D eigenvalue weighted by Crippen LogP contribution is -2.35. The first-order chi connectivity index (χ1) is 8.63. The molecule has 0 aromatic heterocycles. The highest BCUT2D eigenvalue weighted by Crippen LogP contribution is 2.54. The summed E-state index contributed by atoms with van der Waals surface area (Å²) in [7, 11) is 0. The van der Waals surface area contributed by atoms with Gasteiger partial charge in [0.25, 0.3) is 0 Å². The topological polar surface area (TPSA) is 32.3 Å². The van der Waals surface area contributed by atoms with Crippen LogP contribution in [0.5, 0.6) is 0 Å². The van der Waals surface area contributed by atoms with Crippen molar-refractivity contribution in [1.82, 2.24) is 10.2 Å². The van der Waals surface area contributed by atoms with Crippen molar-refractivity contribution in [2.24, 2.45) is 23.7 Å². The summed E-state index contributed by atoms with van der Waals surface area (Å²) in [6.07, 6.45) is 4.97. The summed E-state index contributed by atoms with van der Waals surface area (Å²) in [5.41, 5.74) is 0. The molecule has 3 fully saturated rings. The Bertz CT molecular complexity index is 318. The lowest BCUT2D eigenvalue weighted by Gasteiger charge is -2.20. The third-order valence-corrected chi connectivity index (χ3v) is 5.23. The Kier molecular flexibility index (Phi) is 3.35. The van der Waals surface area contributed by atoms with Crippen molar-refractivity contribution in [3.05, 3.63) is 0 Å². The highest BCUT2D eigenvalue weighted by atomic mass is 16.1. The van der Waals surface area contributed by atoms with Crippen molar-refractivity contribution in [3.63, 3.8) is 0 Å². The molecule has 0 aromatic rings. The number of amides is 1. The normalized spacial score (nSPS) is 39.1. The quantitative estimate of drug-likeness (QED) is 0.826. The second-order valence-corrected chi connectivity index (χ2v) is 6.91. The van der Waals surface area contributed by atoms with E-state index in [-0.39, 0.29) is 0 Å². The van der Waals surface area contributed by atoms with Crippen LogP contribution in [0.4, 0.5) is 0 Å². The summed E-state index contributed by atoms with van der Waals surface area (Å²) < 4.78 is 0. The van der Waals surface area contributed by atoms with Crippen LogP contribution in [-0.2, 0) is 4.79 Å². The zero-order chi connectivity index (χ0) is 12.7. The van der Waals surface area contributed by atoms with E-state index in [2.05, 4.69) is 24.1 Å². The highest BCUT2D eigenvalue weighted by molar-refractivity contribution is 5.79. The summed E-state index contributed by atoms with van der Waals surface area (Å²) in [6.45, 7) is 7.77. The minimum absolute atomic E-state index is 0.338. The van der Waals surface area contributed by atoms with E-state index >= 15 is 0 Å². The molecule has 1 amide bonds. The van der Waals surface area contributed by atoms with E-state index in [9.17, 15) is 4.79 Å². The number of carbonyl (C=O) groups is 1. The number of fused-ring (bicyclic) bond motifs is 1. The molecular weight excluding hydrogens is 224 g/mol. The molecule has 0 aromatic carbocycles. The van der Waals surface area contributed by atoms with Crippen LogP contribution in [0.1, 0.15) is 39.5 Å². The van der Waals surface area contributed by atoms with Gasteiger partial charge in [-0.15, -0.1) is 0 Å². The molecule has 1 N–H and O–H groups in total. The number of likely N-dealkylation sites (tertiary alicyclic amines) is 1. The largest absolute Gasteiger partial charge is 0.356 e. The van der Waals surface area contributed by atoms with Crippen molar-refractivity contribution in [2.45, 2.75) is 45.6 Å². The monoisotopic (exact) mass is 250 g/mol. The van der Waals surface area contributed by atoms with Crippen molar-refractivity contribution in [3.8, 4) is 0 Å². The molecule has 102 valence electrons. The third kappa shape index (κ3) is 2.56. The predicted molar refractivity (Wildman–Crippen MR) is 72.1 cm³/mol. The van der Waals surface area contributed by atoms with E-state index in [4.69, 9.17) is 0 Å². The molecule has 3 unspecified atom stereocenters. The Morgan fingerprint density at radius 1 is 1.28 bits per heavy atom. The van der Waals surface area contributed by atoms with Gasteiger partial charge in [0.15, 0.2) is 0 Å². The molecule has 18 heavy (non-hydrogen) atoms. The number of nitrogens with zero attached hydrogens (tertiary/aromatic N) is 1. The van der Waals surface area contributed by atoms with Gasteiger partial charge in [0, 0.05) is 25.0 Å². The first-order valence-electron chi connectivity index (χ1n) is 7.65. The van der Waals surface area contributed by atoms with E-state index in [0.717, 1.165) is 24.9 Å². The van der Waals surface area contributed by atoms with Crippen LogP contribution in [0.15, 0.2) is 0 Å². The smallest absolute Gasteiger partial charge is 0.223 e. The molecule has 3 rings (SSSR count). The van der Waals surface area contributed by atoms with E-state index in [0.29, 0.717) is 23.8 Å². The summed E-state index contributed by atoms with van der Waals surface area (Å²) in [5.74, 6) is 3.17. The van der Waals surface area contributed by atoms with Crippen LogP contribution in [0.3, 0.4) is 0 Å². The fourth-order valence-corrected chi connectivity index (χ4v) is 3.82. The van der Waals surface area contributed by atoms with Gasteiger partial charge in [-0.2, -0.15) is 0 Å². The Labute approximate surface area is 110 Å². The van der Waals surface area contributed by atoms with Crippen molar-refractivity contribution in [1.29, 1.82) is 0 Å². The third-order valence-electron chi connectivity index (χ3n) is 5.23. The number of nitrogens with one attached hydrogen (secondary N) is 1. The Morgan fingerprint density at radius 3 is 2.61 bits per heavy atom. The minimum atomic E-state index is 0.338. The average Bonchev–Trinajstić information content (AvgIpc) is 2.82. The van der Waals surface area contributed by atoms with E-state index in [1.54, 1.807) is 0 Å². The fraction of sp³-hybridized carbons (Fsp3) is 0.933. The summed E-state index contributed by atoms with van der Waals surface area (Å²) in [5, 5.41) is 3.20. The van der Waals surface area contributed by atoms with Crippen molar-refractivity contribution in [2.75, 3.05) is 19.6 Å². The molecule has 2 saturated carbocycles. The molecule has 3 nitrogen and oxygen atoms in total. The first-order valence-corrected chi connectivity index (χ1v) is 7.65. The molecule has 0 bridgehead atoms. The fourth-order valence-electron chi connectivity index (χ4n) is 3.82. The molecule has 3 atom stereocenters. The van der Waals surface area contributed by atoms with E-state index < -0.39 is 0 Å². The van der Waals surface area contributed by atoms with Gasteiger partial charge in [-0.3, -0.25) is 4.79 Å². The van der Waals surface area contributed by atoms with Crippen LogP contribution < -0.4 is 5.32 Å². The molecule has 2 aliphatic carbocycles. The van der Waals surface area contributed by atoms with Crippen LogP contribution in [0, 0.1) is 23.7 Å². The highest BCUT2D eigenvalue weighted by Gasteiger charge is 2.47. The van der Waals surface area contributed by atoms with Gasteiger partial charge in [0.05, 0.1) is 0 Å². The second-order valence-electron chi connectivity index (χ2n) is 6.91. The second kappa shape index (κ2) is 4.84. The van der Waals surface area contributed by atoms with E-state index in [1.165, 1.54) is 32.2 Å². The molecule has 3 heteroatoms. The average molecular weight is 250 g/mol. The lowest BCUT2D eigenvalue weighted by molar-refractivity contribution is -0.125. The molecular formula is C15H26N2O. The van der Waals surface area contributed by atoms with Gasteiger partial charge < -0.3 is 10.2 Å².